The summed E-state index contributed by atoms with van der Waals surface area (Å²) in [5.74, 6) is 1.41. The predicted molar refractivity (Wildman–Crippen MR) is 108 cm³/mol. The lowest BCUT2D eigenvalue weighted by atomic mass is 10.0. The number of aromatic nitrogens is 2. The number of benzene rings is 1. The average molecular weight is 401 g/mol. The molecule has 1 fully saturated rings. The van der Waals surface area contributed by atoms with Crippen LogP contribution in [-0.4, -0.2) is 35.9 Å². The van der Waals surface area contributed by atoms with Crippen molar-refractivity contribution in [1.82, 2.24) is 9.97 Å². The molecule has 2 aromatic rings. The number of nitrogens with zero attached hydrogens (tertiary/aromatic N) is 2. The van der Waals surface area contributed by atoms with Crippen LogP contribution in [0.1, 0.15) is 72.8 Å². The molecular formula is C22H28N2O3S. The molecule has 2 heterocycles. The zero-order valence-electron chi connectivity index (χ0n) is 16.2. The summed E-state index contributed by atoms with van der Waals surface area (Å²) in [6.45, 7) is 0.191. The second-order valence-electron chi connectivity index (χ2n) is 8.03. The smallest absolute Gasteiger partial charge is 0.182 e. The van der Waals surface area contributed by atoms with E-state index < -0.39 is 9.84 Å². The van der Waals surface area contributed by atoms with Crippen molar-refractivity contribution < 1.29 is 13.5 Å². The maximum absolute atomic E-state index is 12.8. The van der Waals surface area contributed by atoms with Crippen LogP contribution in [0.15, 0.2) is 29.2 Å². The fourth-order valence-electron chi connectivity index (χ4n) is 4.42. The monoisotopic (exact) mass is 400 g/mol. The third-order valence-corrected chi connectivity index (χ3v) is 7.82. The first kappa shape index (κ1) is 19.5. The third kappa shape index (κ3) is 4.13. The van der Waals surface area contributed by atoms with E-state index in [9.17, 15) is 8.42 Å². The van der Waals surface area contributed by atoms with Crippen LogP contribution < -0.4 is 0 Å². The van der Waals surface area contributed by atoms with Gasteiger partial charge >= 0.3 is 0 Å². The first-order chi connectivity index (χ1) is 13.6. The largest absolute Gasteiger partial charge is 0.396 e. The molecule has 1 saturated carbocycles. The van der Waals surface area contributed by atoms with Crippen molar-refractivity contribution in [2.24, 2.45) is 0 Å². The molecule has 0 spiro atoms. The van der Waals surface area contributed by atoms with Gasteiger partial charge < -0.3 is 5.11 Å². The molecule has 150 valence electrons. The van der Waals surface area contributed by atoms with Crippen molar-refractivity contribution in [3.63, 3.8) is 0 Å². The fourth-order valence-corrected chi connectivity index (χ4v) is 6.13. The molecule has 1 aromatic carbocycles. The lowest BCUT2D eigenvalue weighted by molar-refractivity contribution is 0.288. The standard InChI is InChI=1S/C22H28N2O3S/c25-13-3-5-16-9-11-17(12-10-16)15-20-21-19(8-4-14-28(21,26)27)23-22(24-20)18-6-1-2-7-18/h9-12,18,25H,1-8,13-15H2. The van der Waals surface area contributed by atoms with Crippen LogP contribution in [0.25, 0.3) is 0 Å². The third-order valence-electron chi connectivity index (χ3n) is 5.90. The van der Waals surface area contributed by atoms with Gasteiger partial charge in [0.1, 0.15) is 10.7 Å². The van der Waals surface area contributed by atoms with E-state index >= 15 is 0 Å². The highest BCUT2D eigenvalue weighted by atomic mass is 32.2. The van der Waals surface area contributed by atoms with E-state index in [-0.39, 0.29) is 12.4 Å². The molecule has 0 amide bonds. The molecule has 2 aliphatic rings. The number of rotatable bonds is 6. The molecule has 0 atom stereocenters. The summed E-state index contributed by atoms with van der Waals surface area (Å²) in [4.78, 5) is 9.93. The van der Waals surface area contributed by atoms with E-state index in [1.165, 1.54) is 18.4 Å². The molecule has 1 N–H and O–H groups in total. The van der Waals surface area contributed by atoms with Crippen LogP contribution in [0, 0.1) is 0 Å². The number of fused-ring (bicyclic) bond motifs is 1. The van der Waals surface area contributed by atoms with Crippen molar-refractivity contribution in [3.8, 4) is 0 Å². The topological polar surface area (TPSA) is 80.2 Å². The summed E-state index contributed by atoms with van der Waals surface area (Å²) in [7, 11) is -3.31. The Labute approximate surface area is 167 Å². The first-order valence-corrected chi connectivity index (χ1v) is 12.0. The van der Waals surface area contributed by atoms with E-state index in [1.54, 1.807) is 0 Å². The minimum atomic E-state index is -3.31. The van der Waals surface area contributed by atoms with Crippen molar-refractivity contribution in [2.45, 2.75) is 68.6 Å². The van der Waals surface area contributed by atoms with Crippen LogP contribution in [0.4, 0.5) is 0 Å². The number of aryl methyl sites for hydroxylation is 2. The number of hydrogen-bond acceptors (Lipinski definition) is 5. The summed E-state index contributed by atoms with van der Waals surface area (Å²) < 4.78 is 25.6. The van der Waals surface area contributed by atoms with Gasteiger partial charge in [0.05, 0.1) is 17.1 Å². The van der Waals surface area contributed by atoms with Gasteiger partial charge in [0.15, 0.2) is 9.84 Å². The molecule has 5 nitrogen and oxygen atoms in total. The van der Waals surface area contributed by atoms with E-state index in [2.05, 4.69) is 12.1 Å². The Bertz CT molecular complexity index is 933. The van der Waals surface area contributed by atoms with Crippen LogP contribution in [0.5, 0.6) is 0 Å². The van der Waals surface area contributed by atoms with Gasteiger partial charge in [0.25, 0.3) is 0 Å². The van der Waals surface area contributed by atoms with E-state index in [1.807, 2.05) is 12.1 Å². The molecule has 6 heteroatoms. The molecule has 0 bridgehead atoms. The summed E-state index contributed by atoms with van der Waals surface area (Å²) in [6.07, 6.45) is 8.10. The maximum Gasteiger partial charge on any atom is 0.182 e. The quantitative estimate of drug-likeness (QED) is 0.804. The fraction of sp³-hybridized carbons (Fsp3) is 0.545. The Morgan fingerprint density at radius 2 is 1.71 bits per heavy atom. The van der Waals surface area contributed by atoms with Gasteiger partial charge in [-0.15, -0.1) is 0 Å². The Kier molecular flexibility index (Phi) is 5.78. The minimum absolute atomic E-state index is 0.191. The second kappa shape index (κ2) is 8.29. The number of aliphatic hydroxyl groups excluding tert-OH is 1. The summed E-state index contributed by atoms with van der Waals surface area (Å²) >= 11 is 0. The van der Waals surface area contributed by atoms with Crippen LogP contribution in [0.3, 0.4) is 0 Å². The Balaban J connectivity index is 1.69. The average Bonchev–Trinajstić information content (AvgIpc) is 3.21. The summed E-state index contributed by atoms with van der Waals surface area (Å²) in [6, 6.07) is 8.22. The van der Waals surface area contributed by atoms with Gasteiger partial charge in [-0.3, -0.25) is 0 Å². The number of hydrogen-bond donors (Lipinski definition) is 1. The molecule has 0 saturated heterocycles. The van der Waals surface area contributed by atoms with Gasteiger partial charge in [0, 0.05) is 18.9 Å². The lowest BCUT2D eigenvalue weighted by Crippen LogP contribution is -2.22. The molecule has 0 radical (unpaired) electrons. The Morgan fingerprint density at radius 3 is 2.43 bits per heavy atom. The predicted octanol–water partition coefficient (Wildman–Crippen LogP) is 3.37. The Hall–Kier alpha value is -1.79. The molecule has 28 heavy (non-hydrogen) atoms. The number of sulfone groups is 1. The molecular weight excluding hydrogens is 372 g/mol. The van der Waals surface area contributed by atoms with Gasteiger partial charge in [-0.1, -0.05) is 37.1 Å². The molecule has 1 aliphatic heterocycles. The van der Waals surface area contributed by atoms with Gasteiger partial charge in [0.2, 0.25) is 0 Å². The zero-order valence-corrected chi connectivity index (χ0v) is 17.0. The molecule has 0 unspecified atom stereocenters. The van der Waals surface area contributed by atoms with Gasteiger partial charge in [-0.2, -0.15) is 0 Å². The van der Waals surface area contributed by atoms with Crippen molar-refractivity contribution >= 4 is 9.84 Å². The molecule has 1 aliphatic carbocycles. The first-order valence-electron chi connectivity index (χ1n) is 10.4. The SMILES string of the molecule is O=S1(=O)CCCc2nc(C3CCCC3)nc(Cc3ccc(CCCO)cc3)c21. The lowest BCUT2D eigenvalue weighted by Gasteiger charge is -2.21. The Morgan fingerprint density at radius 1 is 1.00 bits per heavy atom. The zero-order chi connectivity index (χ0) is 19.6. The highest BCUT2D eigenvalue weighted by Crippen LogP contribution is 2.35. The van der Waals surface area contributed by atoms with Gasteiger partial charge in [-0.25, -0.2) is 18.4 Å². The summed E-state index contributed by atoms with van der Waals surface area (Å²) in [5, 5.41) is 8.98. The second-order valence-corrected chi connectivity index (χ2v) is 10.1. The van der Waals surface area contributed by atoms with E-state index in [0.717, 1.165) is 49.2 Å². The van der Waals surface area contributed by atoms with E-state index in [0.29, 0.717) is 29.3 Å². The van der Waals surface area contributed by atoms with Crippen molar-refractivity contribution in [3.05, 3.63) is 52.6 Å². The van der Waals surface area contributed by atoms with E-state index in [4.69, 9.17) is 15.1 Å². The molecule has 1 aromatic heterocycles. The highest BCUT2D eigenvalue weighted by molar-refractivity contribution is 7.91. The summed E-state index contributed by atoms with van der Waals surface area (Å²) in [5.41, 5.74) is 3.65. The highest BCUT2D eigenvalue weighted by Gasteiger charge is 2.31. The van der Waals surface area contributed by atoms with Crippen LogP contribution >= 0.6 is 0 Å². The van der Waals surface area contributed by atoms with Crippen LogP contribution in [-0.2, 0) is 29.1 Å². The van der Waals surface area contributed by atoms with Gasteiger partial charge in [-0.05, 0) is 49.7 Å². The maximum atomic E-state index is 12.8. The van der Waals surface area contributed by atoms with Crippen molar-refractivity contribution in [2.75, 3.05) is 12.4 Å². The minimum Gasteiger partial charge on any atom is -0.396 e. The number of aliphatic hydroxyl groups is 1. The molecule has 4 rings (SSSR count). The normalized spacial score (nSPS) is 18.9. The van der Waals surface area contributed by atoms with Crippen molar-refractivity contribution in [1.29, 1.82) is 0 Å². The van der Waals surface area contributed by atoms with Crippen LogP contribution in [0.2, 0.25) is 0 Å².